The Labute approximate surface area is 109 Å². The van der Waals surface area contributed by atoms with Crippen molar-refractivity contribution in [1.29, 1.82) is 0 Å². The first-order valence-electron chi connectivity index (χ1n) is 4.51. The minimum Gasteiger partial charge on any atom is -0.506 e. The summed E-state index contributed by atoms with van der Waals surface area (Å²) < 4.78 is 0. The van der Waals surface area contributed by atoms with E-state index in [1.54, 1.807) is 0 Å². The lowest BCUT2D eigenvalue weighted by Gasteiger charge is -2.12. The molecule has 0 aliphatic rings. The summed E-state index contributed by atoms with van der Waals surface area (Å²) >= 11 is 5.68. The number of rotatable bonds is 4. The van der Waals surface area contributed by atoms with Crippen LogP contribution >= 0.6 is 24.0 Å². The van der Waals surface area contributed by atoms with Crippen molar-refractivity contribution in [3.05, 3.63) is 45.5 Å². The van der Waals surface area contributed by atoms with Crippen LogP contribution in [0.1, 0.15) is 18.0 Å². The van der Waals surface area contributed by atoms with Crippen molar-refractivity contribution in [2.45, 2.75) is 12.5 Å². The highest BCUT2D eigenvalue weighted by Gasteiger charge is 2.24. The smallest absolute Gasteiger partial charge is 0.278 e. The first-order chi connectivity index (χ1) is 7.49. The van der Waals surface area contributed by atoms with Crippen LogP contribution in [0.25, 0.3) is 0 Å². The highest BCUT2D eigenvalue weighted by molar-refractivity contribution is 6.32. The van der Waals surface area contributed by atoms with Crippen molar-refractivity contribution in [2.75, 3.05) is 0 Å². The Morgan fingerprint density at radius 3 is 2.71 bits per heavy atom. The number of benzene rings is 1. The maximum atomic E-state index is 10.8. The van der Waals surface area contributed by atoms with Crippen molar-refractivity contribution >= 4 is 29.7 Å². The molecule has 0 aliphatic heterocycles. The van der Waals surface area contributed by atoms with Gasteiger partial charge < -0.3 is 10.8 Å². The fourth-order valence-electron chi connectivity index (χ4n) is 1.39. The summed E-state index contributed by atoms with van der Waals surface area (Å²) in [6, 6.07) is 1.79. The molecule has 0 spiro atoms. The topological polar surface area (TPSA) is 89.4 Å². The molecule has 0 fully saturated rings. The molecule has 0 amide bonds. The fourth-order valence-corrected chi connectivity index (χ4v) is 1.56. The molecule has 7 heteroatoms. The van der Waals surface area contributed by atoms with Gasteiger partial charge in [0.05, 0.1) is 15.5 Å². The lowest BCUT2D eigenvalue weighted by atomic mass is 10.0. The van der Waals surface area contributed by atoms with Crippen LogP contribution in [0.2, 0.25) is 5.02 Å². The fraction of sp³-hybridized carbons (Fsp3) is 0.200. The number of phenols is 1. The van der Waals surface area contributed by atoms with Gasteiger partial charge >= 0.3 is 0 Å². The molecule has 0 aliphatic carbocycles. The number of nitro groups is 1. The van der Waals surface area contributed by atoms with E-state index >= 15 is 0 Å². The van der Waals surface area contributed by atoms with Crippen LogP contribution in [-0.2, 0) is 0 Å². The second kappa shape index (κ2) is 6.44. The van der Waals surface area contributed by atoms with Crippen LogP contribution in [0.15, 0.2) is 24.8 Å². The number of aromatic hydroxyl groups is 1. The van der Waals surface area contributed by atoms with Crippen LogP contribution in [-0.4, -0.2) is 10.0 Å². The molecule has 0 unspecified atom stereocenters. The van der Waals surface area contributed by atoms with Crippen molar-refractivity contribution in [2.24, 2.45) is 5.73 Å². The summed E-state index contributed by atoms with van der Waals surface area (Å²) in [4.78, 5) is 10.2. The summed E-state index contributed by atoms with van der Waals surface area (Å²) in [6.45, 7) is 3.49. The van der Waals surface area contributed by atoms with Gasteiger partial charge in [0.15, 0.2) is 0 Å². The van der Waals surface area contributed by atoms with Crippen LogP contribution in [0.5, 0.6) is 5.75 Å². The van der Waals surface area contributed by atoms with Crippen molar-refractivity contribution in [3.63, 3.8) is 0 Å². The summed E-state index contributed by atoms with van der Waals surface area (Å²) in [5, 5.41) is 20.5. The van der Waals surface area contributed by atoms with Crippen molar-refractivity contribution in [1.82, 2.24) is 0 Å². The maximum Gasteiger partial charge on any atom is 0.278 e. The average Bonchev–Trinajstić information content (AvgIpc) is 2.21. The lowest BCUT2D eigenvalue weighted by Crippen LogP contribution is -2.11. The molecule has 0 aromatic heterocycles. The van der Waals surface area contributed by atoms with E-state index in [0.29, 0.717) is 6.42 Å². The van der Waals surface area contributed by atoms with Gasteiger partial charge in [-0.2, -0.15) is 0 Å². The van der Waals surface area contributed by atoms with E-state index < -0.39 is 11.0 Å². The molecule has 17 heavy (non-hydrogen) atoms. The summed E-state index contributed by atoms with van der Waals surface area (Å²) in [5.74, 6) is -0.342. The molecule has 0 bridgehead atoms. The predicted octanol–water partition coefficient (Wildman–Crippen LogP) is 2.95. The van der Waals surface area contributed by atoms with E-state index in [-0.39, 0.29) is 34.4 Å². The number of nitrogens with two attached hydrogens (primary N) is 1. The van der Waals surface area contributed by atoms with E-state index in [2.05, 4.69) is 6.58 Å². The predicted molar refractivity (Wildman–Crippen MR) is 68.8 cm³/mol. The Kier molecular flexibility index (Phi) is 5.95. The minimum atomic E-state index is -0.698. The molecule has 0 saturated heterocycles. The van der Waals surface area contributed by atoms with Gasteiger partial charge in [-0.15, -0.1) is 19.0 Å². The molecule has 5 nitrogen and oxygen atoms in total. The highest BCUT2D eigenvalue weighted by atomic mass is 35.5. The summed E-state index contributed by atoms with van der Waals surface area (Å²) in [5.41, 5.74) is 5.52. The molecule has 3 N–H and O–H groups in total. The third-order valence-corrected chi connectivity index (χ3v) is 2.44. The third-order valence-electron chi connectivity index (χ3n) is 2.13. The minimum absolute atomic E-state index is 0. The van der Waals surface area contributed by atoms with Crippen LogP contribution in [0, 0.1) is 10.1 Å². The maximum absolute atomic E-state index is 10.8. The first kappa shape index (κ1) is 15.7. The second-order valence-corrected chi connectivity index (χ2v) is 3.62. The zero-order chi connectivity index (χ0) is 12.3. The van der Waals surface area contributed by atoms with Crippen LogP contribution in [0.3, 0.4) is 0 Å². The number of nitrogens with zero attached hydrogens (tertiary/aromatic N) is 1. The zero-order valence-electron chi connectivity index (χ0n) is 8.80. The van der Waals surface area contributed by atoms with Gasteiger partial charge in [0.25, 0.3) is 5.69 Å². The molecule has 1 aromatic rings. The van der Waals surface area contributed by atoms with Gasteiger partial charge in [-0.1, -0.05) is 17.7 Å². The summed E-state index contributed by atoms with van der Waals surface area (Å²) in [7, 11) is 0. The molecule has 1 aromatic carbocycles. The molecule has 0 heterocycles. The molecule has 1 atom stereocenters. The van der Waals surface area contributed by atoms with E-state index in [1.165, 1.54) is 18.2 Å². The zero-order valence-corrected chi connectivity index (χ0v) is 10.4. The number of hydrogen-bond donors (Lipinski definition) is 2. The molecule has 0 saturated carbocycles. The van der Waals surface area contributed by atoms with Crippen molar-refractivity contribution in [3.8, 4) is 5.75 Å². The molecule has 94 valence electrons. The van der Waals surface area contributed by atoms with Gasteiger partial charge in [-0.3, -0.25) is 10.1 Å². The molecule has 0 radical (unpaired) electrons. The van der Waals surface area contributed by atoms with Crippen molar-refractivity contribution < 1.29 is 10.0 Å². The van der Waals surface area contributed by atoms with Gasteiger partial charge in [0, 0.05) is 12.1 Å². The average molecular weight is 279 g/mol. The van der Waals surface area contributed by atoms with Gasteiger partial charge in [0.2, 0.25) is 0 Å². The van der Waals surface area contributed by atoms with Crippen LogP contribution < -0.4 is 5.73 Å². The van der Waals surface area contributed by atoms with Crippen LogP contribution in [0.4, 0.5) is 5.69 Å². The Morgan fingerprint density at radius 1 is 1.65 bits per heavy atom. The Balaban J connectivity index is 0.00000256. The Morgan fingerprint density at radius 2 is 2.24 bits per heavy atom. The lowest BCUT2D eigenvalue weighted by molar-refractivity contribution is -0.385. The SMILES string of the molecule is C=CC[C@@H](N)c1c([N+](=O)[O-])ccc(Cl)c1O.Cl. The standard InChI is InChI=1S/C10H11ClN2O3.ClH/c1-2-3-7(12)9-8(13(15)16)5-4-6(11)10(9)14;/h2,4-5,7,14H,1,3,12H2;1H/t7-;/m1./s1. The van der Waals surface area contributed by atoms with E-state index in [0.717, 1.165) is 0 Å². The molecular weight excluding hydrogens is 267 g/mol. The second-order valence-electron chi connectivity index (χ2n) is 3.22. The van der Waals surface area contributed by atoms with E-state index in [9.17, 15) is 15.2 Å². The monoisotopic (exact) mass is 278 g/mol. The van der Waals surface area contributed by atoms with Gasteiger partial charge in [-0.25, -0.2) is 0 Å². The molecule has 1 rings (SSSR count). The number of hydrogen-bond acceptors (Lipinski definition) is 4. The Hall–Kier alpha value is -1.30. The quantitative estimate of drug-likeness (QED) is 0.503. The Bertz CT molecular complexity index is 438. The number of halogens is 2. The van der Waals surface area contributed by atoms with E-state index in [1.807, 2.05) is 0 Å². The molecular formula is C10H12Cl2N2O3. The normalized spacial score (nSPS) is 11.4. The number of phenolic OH excluding ortho intramolecular Hbond substituents is 1. The first-order valence-corrected chi connectivity index (χ1v) is 4.89. The number of nitro benzene ring substituents is 1. The highest BCUT2D eigenvalue weighted by Crippen LogP contribution is 2.38. The summed E-state index contributed by atoms with van der Waals surface area (Å²) in [6.07, 6.45) is 1.84. The van der Waals surface area contributed by atoms with Gasteiger partial charge in [-0.05, 0) is 12.5 Å². The largest absolute Gasteiger partial charge is 0.506 e. The van der Waals surface area contributed by atoms with Gasteiger partial charge in [0.1, 0.15) is 5.75 Å². The van der Waals surface area contributed by atoms with E-state index in [4.69, 9.17) is 17.3 Å². The third kappa shape index (κ3) is 3.33.